The number of hydrogen-bond acceptors (Lipinski definition) is 2. The average molecular weight is 339 g/mol. The first-order chi connectivity index (χ1) is 12.1. The van der Waals surface area contributed by atoms with Gasteiger partial charge in [0, 0.05) is 18.5 Å². The summed E-state index contributed by atoms with van der Waals surface area (Å²) in [5, 5.41) is 10.8. The van der Waals surface area contributed by atoms with Crippen LogP contribution < -0.4 is 0 Å². The van der Waals surface area contributed by atoms with Crippen LogP contribution in [0.1, 0.15) is 50.2 Å². The Hall–Kier alpha value is -1.35. The van der Waals surface area contributed by atoms with Gasteiger partial charge in [0.25, 0.3) is 0 Å². The Kier molecular flexibility index (Phi) is 3.54. The Morgan fingerprint density at radius 1 is 1.12 bits per heavy atom. The lowest BCUT2D eigenvalue weighted by molar-refractivity contribution is -0.134. The second-order valence-electron chi connectivity index (χ2n) is 9.19. The summed E-state index contributed by atoms with van der Waals surface area (Å²) in [5.74, 6) is 2.21. The van der Waals surface area contributed by atoms with Gasteiger partial charge in [0.1, 0.15) is 0 Å². The van der Waals surface area contributed by atoms with Crippen LogP contribution in [-0.2, 0) is 17.6 Å². The molecule has 3 fully saturated rings. The van der Waals surface area contributed by atoms with E-state index in [1.807, 2.05) is 0 Å². The van der Waals surface area contributed by atoms with Gasteiger partial charge in [-0.15, -0.1) is 0 Å². The highest BCUT2D eigenvalue weighted by atomic mass is 16.3. The number of benzene rings is 1. The highest BCUT2D eigenvalue weighted by Gasteiger charge is 2.52. The highest BCUT2D eigenvalue weighted by molar-refractivity contribution is 5.82. The van der Waals surface area contributed by atoms with Crippen LogP contribution in [-0.4, -0.2) is 34.1 Å². The molecule has 2 saturated carbocycles. The van der Waals surface area contributed by atoms with Crippen molar-refractivity contribution in [3.63, 3.8) is 0 Å². The number of fused-ring (bicyclic) bond motifs is 4. The summed E-state index contributed by atoms with van der Waals surface area (Å²) in [6.07, 6.45) is 7.00. The second-order valence-corrected chi connectivity index (χ2v) is 9.19. The Morgan fingerprint density at radius 3 is 2.64 bits per heavy atom. The average Bonchev–Trinajstić information content (AvgIpc) is 3.09. The topological polar surface area (TPSA) is 40.5 Å². The van der Waals surface area contributed by atoms with Gasteiger partial charge in [-0.05, 0) is 73.8 Å². The normalized spacial score (nSPS) is 42.4. The van der Waals surface area contributed by atoms with Crippen LogP contribution in [0.25, 0.3) is 0 Å². The van der Waals surface area contributed by atoms with Crippen molar-refractivity contribution in [3.05, 3.63) is 35.4 Å². The van der Waals surface area contributed by atoms with Crippen LogP contribution in [0.3, 0.4) is 0 Å². The van der Waals surface area contributed by atoms with Crippen molar-refractivity contribution >= 4 is 5.91 Å². The zero-order valence-corrected chi connectivity index (χ0v) is 15.2. The summed E-state index contributed by atoms with van der Waals surface area (Å²) >= 11 is 0. The number of likely N-dealkylation sites (tertiary alicyclic amines) is 1. The van der Waals surface area contributed by atoms with E-state index in [9.17, 15) is 9.90 Å². The van der Waals surface area contributed by atoms with Gasteiger partial charge >= 0.3 is 0 Å². The molecule has 5 rings (SSSR count). The Bertz CT molecular complexity index is 701. The molecule has 1 saturated heterocycles. The summed E-state index contributed by atoms with van der Waals surface area (Å²) in [4.78, 5) is 15.5. The number of amides is 1. The van der Waals surface area contributed by atoms with Gasteiger partial charge in [-0.1, -0.05) is 31.2 Å². The number of nitrogens with zero attached hydrogens (tertiary/aromatic N) is 1. The lowest BCUT2D eigenvalue weighted by Gasteiger charge is -2.37. The molecule has 1 N–H and O–H groups in total. The molecular formula is C22H29NO2. The van der Waals surface area contributed by atoms with E-state index in [0.717, 1.165) is 45.1 Å². The summed E-state index contributed by atoms with van der Waals surface area (Å²) in [6, 6.07) is 9.04. The Balaban J connectivity index is 1.37. The molecule has 0 aromatic heterocycles. The fourth-order valence-corrected chi connectivity index (χ4v) is 6.50. The third-order valence-electron chi connectivity index (χ3n) is 7.77. The first-order valence-electron chi connectivity index (χ1n) is 10.2. The van der Waals surface area contributed by atoms with Crippen LogP contribution in [0.4, 0.5) is 0 Å². The van der Waals surface area contributed by atoms with Crippen molar-refractivity contribution in [1.82, 2.24) is 4.90 Å². The minimum Gasteiger partial charge on any atom is -0.390 e. The number of carbonyl (C=O) groups excluding carboxylic acids is 1. The van der Waals surface area contributed by atoms with Crippen molar-refractivity contribution in [1.29, 1.82) is 0 Å². The Morgan fingerprint density at radius 2 is 1.88 bits per heavy atom. The Labute approximate surface area is 150 Å². The molecule has 25 heavy (non-hydrogen) atoms. The minimum atomic E-state index is -0.478. The summed E-state index contributed by atoms with van der Waals surface area (Å²) < 4.78 is 0. The summed E-state index contributed by atoms with van der Waals surface area (Å²) in [6.45, 7) is 3.04. The zero-order valence-electron chi connectivity index (χ0n) is 15.2. The second kappa shape index (κ2) is 5.57. The lowest BCUT2D eigenvalue weighted by atomic mass is 9.76. The van der Waals surface area contributed by atoms with Crippen LogP contribution >= 0.6 is 0 Å². The third-order valence-corrected chi connectivity index (χ3v) is 7.77. The first-order valence-corrected chi connectivity index (χ1v) is 10.2. The van der Waals surface area contributed by atoms with E-state index >= 15 is 0 Å². The van der Waals surface area contributed by atoms with Crippen molar-refractivity contribution < 1.29 is 9.90 Å². The fourth-order valence-electron chi connectivity index (χ4n) is 6.50. The summed E-state index contributed by atoms with van der Waals surface area (Å²) in [5.41, 5.74) is 2.35. The van der Waals surface area contributed by atoms with Crippen molar-refractivity contribution in [3.8, 4) is 0 Å². The molecule has 6 atom stereocenters. The van der Waals surface area contributed by atoms with Crippen molar-refractivity contribution in [2.45, 2.75) is 63.5 Å². The monoisotopic (exact) mass is 339 g/mol. The largest absolute Gasteiger partial charge is 0.390 e. The van der Waals surface area contributed by atoms with Crippen LogP contribution in [0.15, 0.2) is 24.3 Å². The van der Waals surface area contributed by atoms with Gasteiger partial charge < -0.3 is 10.0 Å². The molecule has 4 aliphatic rings. The van der Waals surface area contributed by atoms with Gasteiger partial charge in [-0.25, -0.2) is 0 Å². The van der Waals surface area contributed by atoms with Crippen molar-refractivity contribution in [2.75, 3.05) is 6.54 Å². The van der Waals surface area contributed by atoms with Gasteiger partial charge in [0.05, 0.1) is 5.60 Å². The SMILES string of the molecule is CC[C@]1(O)CC2CC(C1)[C@H](N1C[C@@H]3Cc4ccccc4C[C@@H]3C1=O)C2. The van der Waals surface area contributed by atoms with E-state index in [0.29, 0.717) is 29.7 Å². The molecule has 2 bridgehead atoms. The van der Waals surface area contributed by atoms with Crippen molar-refractivity contribution in [2.24, 2.45) is 23.7 Å². The molecule has 1 amide bonds. The predicted molar refractivity (Wildman–Crippen MR) is 97.0 cm³/mol. The maximum Gasteiger partial charge on any atom is 0.226 e. The molecule has 2 unspecified atom stereocenters. The van der Waals surface area contributed by atoms with E-state index in [-0.39, 0.29) is 5.92 Å². The maximum absolute atomic E-state index is 13.2. The number of carbonyl (C=O) groups is 1. The highest BCUT2D eigenvalue weighted by Crippen LogP contribution is 2.51. The molecule has 1 aromatic carbocycles. The minimum absolute atomic E-state index is 0.195. The molecule has 3 heteroatoms. The molecule has 1 aliphatic heterocycles. The van der Waals surface area contributed by atoms with Crippen LogP contribution in [0.5, 0.6) is 0 Å². The standard InChI is InChI=1S/C22H29NO2/c1-2-22(25)11-14-7-17(12-22)20(8-14)23-13-18-9-15-5-3-4-6-16(15)10-19(18)21(23)24/h3-6,14,17-20,25H,2,7-13H2,1H3/t14?,17?,18-,19-,20+,22-/m0/s1. The maximum atomic E-state index is 13.2. The van der Waals surface area contributed by atoms with Gasteiger partial charge in [-0.3, -0.25) is 4.79 Å². The molecule has 134 valence electrons. The number of aliphatic hydroxyl groups is 1. The number of rotatable bonds is 2. The van der Waals surface area contributed by atoms with Gasteiger partial charge in [-0.2, -0.15) is 0 Å². The van der Waals surface area contributed by atoms with Gasteiger partial charge in [0.2, 0.25) is 5.91 Å². The van der Waals surface area contributed by atoms with E-state index in [2.05, 4.69) is 36.1 Å². The lowest BCUT2D eigenvalue weighted by Crippen LogP contribution is -2.42. The van der Waals surface area contributed by atoms with Crippen LogP contribution in [0, 0.1) is 23.7 Å². The molecule has 1 aromatic rings. The quantitative estimate of drug-likeness (QED) is 0.899. The molecule has 3 aliphatic carbocycles. The van der Waals surface area contributed by atoms with E-state index in [4.69, 9.17) is 0 Å². The smallest absolute Gasteiger partial charge is 0.226 e. The van der Waals surface area contributed by atoms with E-state index < -0.39 is 5.60 Å². The predicted octanol–water partition coefficient (Wildman–Crippen LogP) is 3.19. The zero-order chi connectivity index (χ0) is 17.2. The van der Waals surface area contributed by atoms with E-state index in [1.54, 1.807) is 0 Å². The van der Waals surface area contributed by atoms with Crippen LogP contribution in [0.2, 0.25) is 0 Å². The molecular weight excluding hydrogens is 310 g/mol. The molecule has 0 spiro atoms. The fraction of sp³-hybridized carbons (Fsp3) is 0.682. The summed E-state index contributed by atoms with van der Waals surface area (Å²) in [7, 11) is 0. The van der Waals surface area contributed by atoms with E-state index in [1.165, 1.54) is 17.5 Å². The first kappa shape index (κ1) is 15.9. The molecule has 0 radical (unpaired) electrons. The molecule has 1 heterocycles. The third kappa shape index (κ3) is 2.46. The molecule has 3 nitrogen and oxygen atoms in total. The van der Waals surface area contributed by atoms with Gasteiger partial charge in [0.15, 0.2) is 0 Å². The number of hydrogen-bond donors (Lipinski definition) is 1.